The van der Waals surface area contributed by atoms with E-state index >= 15 is 0 Å². The maximum Gasteiger partial charge on any atom is 0.0724 e. The zero-order valence-electron chi connectivity index (χ0n) is 8.70. The topological polar surface area (TPSA) is 53.6 Å². The molecule has 2 aromatic rings. The van der Waals surface area contributed by atoms with Crippen LogP contribution in [0.4, 0.5) is 0 Å². The average molecular weight is 202 g/mol. The van der Waals surface area contributed by atoms with Crippen LogP contribution in [0.1, 0.15) is 17.0 Å². The summed E-state index contributed by atoms with van der Waals surface area (Å²) in [6.45, 7) is 3.53. The number of hydrogen-bond acceptors (Lipinski definition) is 3. The molecule has 0 saturated carbocycles. The van der Waals surface area contributed by atoms with E-state index in [-0.39, 0.29) is 0 Å². The third kappa shape index (κ3) is 2.89. The van der Waals surface area contributed by atoms with Crippen LogP contribution in [-0.2, 0) is 13.1 Å². The number of H-pyrrole nitrogens is 1. The molecule has 0 aliphatic rings. The third-order valence-corrected chi connectivity index (χ3v) is 2.13. The monoisotopic (exact) mass is 202 g/mol. The lowest BCUT2D eigenvalue weighted by molar-refractivity contribution is 0.676. The molecule has 0 aliphatic carbocycles. The number of aryl methyl sites for hydroxylation is 1. The third-order valence-electron chi connectivity index (χ3n) is 2.13. The van der Waals surface area contributed by atoms with E-state index in [0.29, 0.717) is 0 Å². The zero-order valence-corrected chi connectivity index (χ0v) is 8.70. The van der Waals surface area contributed by atoms with Crippen molar-refractivity contribution in [2.45, 2.75) is 20.0 Å². The van der Waals surface area contributed by atoms with Crippen molar-refractivity contribution < 1.29 is 0 Å². The first-order valence-electron chi connectivity index (χ1n) is 4.94. The second-order valence-electron chi connectivity index (χ2n) is 3.47. The van der Waals surface area contributed by atoms with Gasteiger partial charge in [0, 0.05) is 37.9 Å². The molecule has 78 valence electrons. The molecule has 0 spiro atoms. The molecule has 15 heavy (non-hydrogen) atoms. The Hall–Kier alpha value is -1.68. The first kappa shape index (κ1) is 9.86. The number of nitrogens with zero attached hydrogens (tertiary/aromatic N) is 2. The van der Waals surface area contributed by atoms with Gasteiger partial charge in [0.25, 0.3) is 0 Å². The molecule has 0 saturated heterocycles. The summed E-state index contributed by atoms with van der Waals surface area (Å²) >= 11 is 0. The van der Waals surface area contributed by atoms with Crippen molar-refractivity contribution in [1.29, 1.82) is 0 Å². The molecule has 0 amide bonds. The smallest absolute Gasteiger partial charge is 0.0724 e. The maximum absolute atomic E-state index is 4.26. The summed E-state index contributed by atoms with van der Waals surface area (Å²) in [6, 6.07) is 2.05. The lowest BCUT2D eigenvalue weighted by Gasteiger charge is -2.02. The van der Waals surface area contributed by atoms with E-state index in [1.54, 1.807) is 12.4 Å². The van der Waals surface area contributed by atoms with E-state index in [0.717, 1.165) is 24.5 Å². The fraction of sp³-hybridized carbons (Fsp3) is 0.273. The van der Waals surface area contributed by atoms with Crippen LogP contribution in [0, 0.1) is 6.92 Å². The van der Waals surface area contributed by atoms with Gasteiger partial charge >= 0.3 is 0 Å². The van der Waals surface area contributed by atoms with Gasteiger partial charge in [-0.15, -0.1) is 0 Å². The van der Waals surface area contributed by atoms with Crippen LogP contribution < -0.4 is 5.32 Å². The minimum absolute atomic E-state index is 0.748. The standard InChI is InChI=1S/C11H14N4/c1-9-4-15-11(8-14-9)7-13-6-10-2-3-12-5-10/h2-5,8,12-13H,6-7H2,1H3. The molecule has 0 unspecified atom stereocenters. The second kappa shape index (κ2) is 4.70. The maximum atomic E-state index is 4.26. The molecule has 0 aliphatic heterocycles. The summed E-state index contributed by atoms with van der Waals surface area (Å²) in [5.41, 5.74) is 3.16. The largest absolute Gasteiger partial charge is 0.367 e. The molecule has 2 rings (SSSR count). The second-order valence-corrected chi connectivity index (χ2v) is 3.47. The van der Waals surface area contributed by atoms with E-state index in [2.05, 4.69) is 20.3 Å². The van der Waals surface area contributed by atoms with Crippen molar-refractivity contribution in [3.8, 4) is 0 Å². The number of nitrogens with one attached hydrogen (secondary N) is 2. The van der Waals surface area contributed by atoms with Gasteiger partial charge in [-0.3, -0.25) is 9.97 Å². The van der Waals surface area contributed by atoms with Crippen LogP contribution >= 0.6 is 0 Å². The molecule has 0 bridgehead atoms. The van der Waals surface area contributed by atoms with Crippen LogP contribution in [0.2, 0.25) is 0 Å². The van der Waals surface area contributed by atoms with E-state index in [1.807, 2.05) is 25.4 Å². The predicted octanol–water partition coefficient (Wildman–Crippen LogP) is 1.40. The van der Waals surface area contributed by atoms with Crippen molar-refractivity contribution in [3.05, 3.63) is 47.8 Å². The van der Waals surface area contributed by atoms with Gasteiger partial charge in [-0.1, -0.05) is 0 Å². The molecule has 0 fully saturated rings. The van der Waals surface area contributed by atoms with Crippen molar-refractivity contribution >= 4 is 0 Å². The van der Waals surface area contributed by atoms with Crippen molar-refractivity contribution in [1.82, 2.24) is 20.3 Å². The Labute approximate surface area is 88.8 Å². The Balaban J connectivity index is 1.81. The molecule has 4 nitrogen and oxygen atoms in total. The highest BCUT2D eigenvalue weighted by atomic mass is 14.9. The summed E-state index contributed by atoms with van der Waals surface area (Å²) in [7, 11) is 0. The summed E-state index contributed by atoms with van der Waals surface area (Å²) in [4.78, 5) is 11.5. The molecular formula is C11H14N4. The number of aromatic amines is 1. The Morgan fingerprint density at radius 3 is 2.87 bits per heavy atom. The fourth-order valence-corrected chi connectivity index (χ4v) is 1.31. The Morgan fingerprint density at radius 2 is 2.20 bits per heavy atom. The van der Waals surface area contributed by atoms with Gasteiger partial charge in [0.15, 0.2) is 0 Å². The quantitative estimate of drug-likeness (QED) is 0.788. The molecular weight excluding hydrogens is 188 g/mol. The minimum Gasteiger partial charge on any atom is -0.367 e. The van der Waals surface area contributed by atoms with Gasteiger partial charge < -0.3 is 10.3 Å². The van der Waals surface area contributed by atoms with Crippen molar-refractivity contribution in [2.75, 3.05) is 0 Å². The molecule has 0 aromatic carbocycles. The number of hydrogen-bond donors (Lipinski definition) is 2. The number of rotatable bonds is 4. The Morgan fingerprint density at radius 1 is 1.27 bits per heavy atom. The van der Waals surface area contributed by atoms with Crippen LogP contribution in [0.25, 0.3) is 0 Å². The van der Waals surface area contributed by atoms with E-state index in [4.69, 9.17) is 0 Å². The van der Waals surface area contributed by atoms with Gasteiger partial charge in [-0.2, -0.15) is 0 Å². The fourth-order valence-electron chi connectivity index (χ4n) is 1.31. The molecule has 0 atom stereocenters. The normalized spacial score (nSPS) is 10.5. The molecule has 2 aromatic heterocycles. The van der Waals surface area contributed by atoms with Gasteiger partial charge in [-0.25, -0.2) is 0 Å². The highest BCUT2D eigenvalue weighted by Crippen LogP contribution is 1.97. The van der Waals surface area contributed by atoms with E-state index in [9.17, 15) is 0 Å². The van der Waals surface area contributed by atoms with Crippen LogP contribution in [0.3, 0.4) is 0 Å². The lowest BCUT2D eigenvalue weighted by Crippen LogP contribution is -2.13. The van der Waals surface area contributed by atoms with Crippen molar-refractivity contribution in [3.63, 3.8) is 0 Å². The van der Waals surface area contributed by atoms with E-state index < -0.39 is 0 Å². The van der Waals surface area contributed by atoms with Crippen LogP contribution in [0.15, 0.2) is 30.9 Å². The summed E-state index contributed by atoms with van der Waals surface area (Å²) in [6.07, 6.45) is 7.49. The van der Waals surface area contributed by atoms with Gasteiger partial charge in [-0.05, 0) is 18.6 Å². The van der Waals surface area contributed by atoms with Crippen LogP contribution in [-0.4, -0.2) is 15.0 Å². The Kier molecular flexibility index (Phi) is 3.09. The van der Waals surface area contributed by atoms with Crippen molar-refractivity contribution in [2.24, 2.45) is 0 Å². The zero-order chi connectivity index (χ0) is 10.5. The molecule has 2 N–H and O–H groups in total. The summed E-state index contributed by atoms with van der Waals surface area (Å²) in [5.74, 6) is 0. The molecule has 2 heterocycles. The highest BCUT2D eigenvalue weighted by Gasteiger charge is 1.95. The molecule has 0 radical (unpaired) electrons. The number of aromatic nitrogens is 3. The average Bonchev–Trinajstić information content (AvgIpc) is 2.74. The SMILES string of the molecule is Cc1cnc(CNCc2cc[nH]c2)cn1. The minimum atomic E-state index is 0.748. The summed E-state index contributed by atoms with van der Waals surface area (Å²) in [5, 5.41) is 3.30. The first-order valence-corrected chi connectivity index (χ1v) is 4.94. The van der Waals surface area contributed by atoms with Gasteiger partial charge in [0.05, 0.1) is 11.4 Å². The first-order chi connectivity index (χ1) is 7.34. The molecule has 4 heteroatoms. The van der Waals surface area contributed by atoms with Gasteiger partial charge in [0.1, 0.15) is 0 Å². The predicted molar refractivity (Wildman–Crippen MR) is 58.1 cm³/mol. The van der Waals surface area contributed by atoms with Crippen LogP contribution in [0.5, 0.6) is 0 Å². The summed E-state index contributed by atoms with van der Waals surface area (Å²) < 4.78 is 0. The highest BCUT2D eigenvalue weighted by molar-refractivity contribution is 5.08. The van der Waals surface area contributed by atoms with E-state index in [1.165, 1.54) is 5.56 Å². The lowest BCUT2D eigenvalue weighted by atomic mass is 10.3. The Bertz CT molecular complexity index is 391. The van der Waals surface area contributed by atoms with Gasteiger partial charge in [0.2, 0.25) is 0 Å².